The number of rotatable bonds is 8. The lowest BCUT2D eigenvalue weighted by molar-refractivity contribution is -0.186. The number of carbonyl (C=O) groups excluding carboxylic acids is 1. The van der Waals surface area contributed by atoms with Crippen LogP contribution in [0.3, 0.4) is 0 Å². The Bertz CT molecular complexity index is 1840. The standard InChI is InChI=1S/C24H28O4.C23H26O4/c1-2-26-24(25)18-8-11-20(12-9-18)27-21-13-15-23-19(16-21)10-14-22(28-23)17-6-4-3-5-7-17;1-2-4-17(5-3-1)21-8-6-18-16-20(7-9-22(18)27-21)26-19-10-12-23(13-11-19)24-14-15-25-23/h3-7,13,15-16,18,20,22H,2,8-12,14H2,1H3;1-5,7,9,16,19,21H,6,8,10-15H2. The molecule has 1 spiro atoms. The summed E-state index contributed by atoms with van der Waals surface area (Å²) in [5, 5.41) is 0. The molecule has 1 saturated heterocycles. The third-order valence-corrected chi connectivity index (χ3v) is 11.7. The summed E-state index contributed by atoms with van der Waals surface area (Å²) >= 11 is 0. The van der Waals surface area contributed by atoms with E-state index in [1.165, 1.54) is 22.3 Å². The fourth-order valence-corrected chi connectivity index (χ4v) is 8.68. The number of ether oxygens (including phenoxy) is 7. The van der Waals surface area contributed by atoms with Crippen molar-refractivity contribution >= 4 is 5.97 Å². The molecule has 4 aromatic rings. The van der Waals surface area contributed by atoms with Crippen molar-refractivity contribution < 1.29 is 38.0 Å². The zero-order chi connectivity index (χ0) is 37.5. The number of carbonyl (C=O) groups is 1. The van der Waals surface area contributed by atoms with Gasteiger partial charge in [0.15, 0.2) is 5.79 Å². The second kappa shape index (κ2) is 17.5. The summed E-state index contributed by atoms with van der Waals surface area (Å²) in [7, 11) is 0. The second-order valence-corrected chi connectivity index (χ2v) is 15.4. The Hall–Kier alpha value is -4.53. The molecule has 3 fully saturated rings. The quantitative estimate of drug-likeness (QED) is 0.165. The molecule has 0 amide bonds. The molecule has 8 heteroatoms. The van der Waals surface area contributed by atoms with Crippen LogP contribution in [0.4, 0.5) is 0 Å². The van der Waals surface area contributed by atoms with Crippen LogP contribution in [-0.4, -0.2) is 43.8 Å². The minimum atomic E-state index is -0.323. The lowest BCUT2D eigenvalue weighted by atomic mass is 9.87. The molecule has 8 nitrogen and oxygen atoms in total. The molecule has 9 rings (SSSR count). The molecule has 2 atom stereocenters. The van der Waals surface area contributed by atoms with Crippen molar-refractivity contribution in [1.29, 1.82) is 0 Å². The fraction of sp³-hybridized carbons (Fsp3) is 0.468. The van der Waals surface area contributed by atoms with Crippen LogP contribution in [0.25, 0.3) is 0 Å². The Morgan fingerprint density at radius 2 is 1.11 bits per heavy atom. The maximum Gasteiger partial charge on any atom is 0.308 e. The van der Waals surface area contributed by atoms with Crippen LogP contribution in [-0.2, 0) is 31.8 Å². The molecule has 2 saturated carbocycles. The van der Waals surface area contributed by atoms with Gasteiger partial charge >= 0.3 is 5.97 Å². The summed E-state index contributed by atoms with van der Waals surface area (Å²) in [5.74, 6) is 3.45. The largest absolute Gasteiger partial charge is 0.490 e. The van der Waals surface area contributed by atoms with Crippen LogP contribution in [0, 0.1) is 5.92 Å². The lowest BCUT2D eigenvalue weighted by Crippen LogP contribution is -2.38. The minimum absolute atomic E-state index is 0.0339. The van der Waals surface area contributed by atoms with Crippen molar-refractivity contribution in [3.05, 3.63) is 119 Å². The Morgan fingerprint density at radius 3 is 1.60 bits per heavy atom. The summed E-state index contributed by atoms with van der Waals surface area (Å²) in [6, 6.07) is 33.3. The van der Waals surface area contributed by atoms with Crippen LogP contribution >= 0.6 is 0 Å². The molecule has 0 radical (unpaired) electrons. The van der Waals surface area contributed by atoms with E-state index in [0.717, 1.165) is 113 Å². The molecule has 55 heavy (non-hydrogen) atoms. The van der Waals surface area contributed by atoms with Gasteiger partial charge in [0.05, 0.1) is 37.9 Å². The van der Waals surface area contributed by atoms with Gasteiger partial charge < -0.3 is 33.2 Å². The summed E-state index contributed by atoms with van der Waals surface area (Å²) in [6.07, 6.45) is 11.9. The van der Waals surface area contributed by atoms with Gasteiger partial charge in [0.1, 0.15) is 35.2 Å². The van der Waals surface area contributed by atoms with E-state index >= 15 is 0 Å². The van der Waals surface area contributed by atoms with Crippen molar-refractivity contribution in [1.82, 2.24) is 0 Å². The molecular formula is C47H54O8. The summed E-state index contributed by atoms with van der Waals surface area (Å²) in [5.41, 5.74) is 4.93. The highest BCUT2D eigenvalue weighted by Gasteiger charge is 2.41. The molecule has 3 aliphatic heterocycles. The van der Waals surface area contributed by atoms with Crippen molar-refractivity contribution in [2.24, 2.45) is 5.92 Å². The van der Waals surface area contributed by atoms with Crippen molar-refractivity contribution in [2.75, 3.05) is 19.8 Å². The highest BCUT2D eigenvalue weighted by Crippen LogP contribution is 2.41. The molecule has 3 heterocycles. The number of esters is 1. The first-order valence-electron chi connectivity index (χ1n) is 20.5. The zero-order valence-corrected chi connectivity index (χ0v) is 32.0. The molecule has 5 aliphatic rings. The third kappa shape index (κ3) is 9.30. The summed E-state index contributed by atoms with van der Waals surface area (Å²) in [4.78, 5) is 11.9. The highest BCUT2D eigenvalue weighted by molar-refractivity contribution is 5.72. The fourth-order valence-electron chi connectivity index (χ4n) is 8.68. The van der Waals surface area contributed by atoms with E-state index in [-0.39, 0.29) is 42.1 Å². The highest BCUT2D eigenvalue weighted by atomic mass is 16.7. The first-order valence-corrected chi connectivity index (χ1v) is 20.5. The van der Waals surface area contributed by atoms with Gasteiger partial charge in [-0.3, -0.25) is 4.79 Å². The van der Waals surface area contributed by atoms with Gasteiger partial charge in [-0.15, -0.1) is 0 Å². The van der Waals surface area contributed by atoms with Gasteiger partial charge in [0.25, 0.3) is 0 Å². The summed E-state index contributed by atoms with van der Waals surface area (Å²) < 4.78 is 41.7. The van der Waals surface area contributed by atoms with Gasteiger partial charge in [-0.2, -0.15) is 0 Å². The number of benzene rings is 4. The average molecular weight is 747 g/mol. The van der Waals surface area contributed by atoms with Crippen LogP contribution in [0.1, 0.15) is 106 Å². The molecule has 0 aromatic heterocycles. The van der Waals surface area contributed by atoms with Crippen LogP contribution in [0.15, 0.2) is 97.1 Å². The smallest absolute Gasteiger partial charge is 0.308 e. The number of hydrogen-bond acceptors (Lipinski definition) is 8. The molecule has 4 aromatic carbocycles. The first-order chi connectivity index (χ1) is 27.0. The molecule has 0 bridgehead atoms. The SMILES string of the molecule is CCOC(=O)C1CCC(Oc2ccc3c(c2)CCC(c2ccccc2)O3)CC1.c1ccc(C2CCc3cc(OC4CCC5(CC4)OCCO5)ccc3O2)cc1. The van der Waals surface area contributed by atoms with E-state index in [9.17, 15) is 4.79 Å². The normalized spacial score (nSPS) is 24.2. The molecule has 2 aliphatic carbocycles. The van der Waals surface area contributed by atoms with Gasteiger partial charge in [-0.25, -0.2) is 0 Å². The van der Waals surface area contributed by atoms with Gasteiger partial charge in [-0.05, 0) is 130 Å². The van der Waals surface area contributed by atoms with E-state index in [1.807, 2.05) is 37.3 Å². The Labute approximate surface area is 325 Å². The van der Waals surface area contributed by atoms with Gasteiger partial charge in [0, 0.05) is 12.8 Å². The van der Waals surface area contributed by atoms with E-state index in [2.05, 4.69) is 66.7 Å². The van der Waals surface area contributed by atoms with Crippen LogP contribution in [0.2, 0.25) is 0 Å². The Morgan fingerprint density at radius 1 is 0.618 bits per heavy atom. The number of hydrogen-bond donors (Lipinski definition) is 0. The van der Waals surface area contributed by atoms with Crippen molar-refractivity contribution in [3.8, 4) is 23.0 Å². The van der Waals surface area contributed by atoms with Crippen LogP contribution in [0.5, 0.6) is 23.0 Å². The molecule has 290 valence electrons. The first kappa shape index (κ1) is 37.4. The van der Waals surface area contributed by atoms with Crippen LogP contribution < -0.4 is 18.9 Å². The summed E-state index contributed by atoms with van der Waals surface area (Å²) in [6.45, 7) is 3.76. The number of aryl methyl sites for hydroxylation is 2. The molecule has 0 N–H and O–H groups in total. The van der Waals surface area contributed by atoms with E-state index in [0.29, 0.717) is 6.61 Å². The van der Waals surface area contributed by atoms with E-state index in [4.69, 9.17) is 33.2 Å². The predicted molar refractivity (Wildman–Crippen MR) is 210 cm³/mol. The van der Waals surface area contributed by atoms with Crippen molar-refractivity contribution in [3.63, 3.8) is 0 Å². The zero-order valence-electron chi connectivity index (χ0n) is 32.0. The minimum Gasteiger partial charge on any atom is -0.490 e. The number of fused-ring (bicyclic) bond motifs is 2. The van der Waals surface area contributed by atoms with Crippen molar-refractivity contribution in [2.45, 2.75) is 114 Å². The molecular weight excluding hydrogens is 693 g/mol. The Balaban J connectivity index is 0.000000155. The van der Waals surface area contributed by atoms with Gasteiger partial charge in [-0.1, -0.05) is 60.7 Å². The molecule has 2 unspecified atom stereocenters. The maximum absolute atomic E-state index is 11.9. The lowest BCUT2D eigenvalue weighted by Gasteiger charge is -2.35. The topological polar surface area (TPSA) is 81.7 Å². The van der Waals surface area contributed by atoms with E-state index in [1.54, 1.807) is 0 Å². The van der Waals surface area contributed by atoms with E-state index < -0.39 is 0 Å². The Kier molecular flexibility index (Phi) is 11.9. The second-order valence-electron chi connectivity index (χ2n) is 15.4. The monoisotopic (exact) mass is 746 g/mol. The predicted octanol–water partition coefficient (Wildman–Crippen LogP) is 10.1. The maximum atomic E-state index is 11.9. The average Bonchev–Trinajstić information content (AvgIpc) is 3.70. The third-order valence-electron chi connectivity index (χ3n) is 11.7. The van der Waals surface area contributed by atoms with Gasteiger partial charge in [0.2, 0.25) is 0 Å².